The Balaban J connectivity index is 1.06. The molecular weight excluding hydrogens is 909 g/mol. The van der Waals surface area contributed by atoms with Crippen molar-refractivity contribution in [3.8, 4) is 0 Å². The van der Waals surface area contributed by atoms with E-state index < -0.39 is 54.3 Å². The third-order valence-electron chi connectivity index (χ3n) is 12.7. The molecule has 362 valence electrons. The zero-order chi connectivity index (χ0) is 48.0. The predicted molar refractivity (Wildman–Crippen MR) is 232 cm³/mol. The maximum absolute atomic E-state index is 14.7. The number of pyridine rings is 2. The number of likely N-dealkylation sites (N-methyl/N-ethyl adjacent to an activating group) is 3. The fraction of sp³-hybridized carbons (Fsp3) is 0.674. The number of carbonyl (C=O) groups excluding carboxylic acids is 4. The highest BCUT2D eigenvalue weighted by Gasteiger charge is 2.66. The molecule has 5 rings (SSSR count). The van der Waals surface area contributed by atoms with Crippen LogP contribution >= 0.6 is 23.2 Å². The van der Waals surface area contributed by atoms with Crippen molar-refractivity contribution < 1.29 is 55.4 Å². The lowest BCUT2D eigenvalue weighted by atomic mass is 9.92. The minimum Gasteiger partial charge on any atom is -0.376 e. The average molecular weight is 968 g/mol. The van der Waals surface area contributed by atoms with Crippen LogP contribution in [0, 0.1) is 11.8 Å². The number of aliphatic hydroxyl groups excluding tert-OH is 1. The molecule has 0 aliphatic carbocycles. The molecule has 3 fully saturated rings. The van der Waals surface area contributed by atoms with Crippen molar-refractivity contribution in [3.63, 3.8) is 0 Å². The van der Waals surface area contributed by atoms with Gasteiger partial charge in [0.2, 0.25) is 11.7 Å². The number of nitrogens with zero attached hydrogens (tertiary/aromatic N) is 8. The van der Waals surface area contributed by atoms with Crippen LogP contribution in [0.2, 0.25) is 10.3 Å². The first kappa shape index (κ1) is 51.8. The van der Waals surface area contributed by atoms with Crippen LogP contribution in [0.5, 0.6) is 0 Å². The number of anilines is 2. The SMILES string of the molecule is CN(C)C(=O)c1ccc(N2CCC(CCCN(C)C(=O)C3(C(F)(F)F)CCC(CN(C)C(=O)c4ccc(N5CCC(CCCN(C)C(=O)C(O)C(F)(F)F)CC5)nc4Cl)O3)CC2)nc1Cl. The fourth-order valence-electron chi connectivity index (χ4n) is 8.74. The lowest BCUT2D eigenvalue weighted by Crippen LogP contribution is -2.57. The molecule has 0 spiro atoms. The van der Waals surface area contributed by atoms with Crippen molar-refractivity contribution in [1.29, 1.82) is 0 Å². The van der Waals surface area contributed by atoms with Crippen LogP contribution in [0.1, 0.15) is 84.9 Å². The van der Waals surface area contributed by atoms with E-state index in [1.165, 1.54) is 37.0 Å². The van der Waals surface area contributed by atoms with Crippen LogP contribution in [0.25, 0.3) is 0 Å². The van der Waals surface area contributed by atoms with Gasteiger partial charge in [0, 0.05) is 81.1 Å². The number of aromatic nitrogens is 2. The normalized spacial score (nSPS) is 20.4. The van der Waals surface area contributed by atoms with E-state index in [2.05, 4.69) is 14.9 Å². The topological polar surface area (TPSA) is 143 Å². The monoisotopic (exact) mass is 966 g/mol. The summed E-state index contributed by atoms with van der Waals surface area (Å²) in [5, 5.41) is 9.24. The number of amides is 4. The van der Waals surface area contributed by atoms with Crippen molar-refractivity contribution >= 4 is 58.5 Å². The largest absolute Gasteiger partial charge is 0.426 e. The predicted octanol–water partition coefficient (Wildman–Crippen LogP) is 6.57. The number of hydrogen-bond acceptors (Lipinski definition) is 10. The number of carbonyl (C=O) groups is 4. The van der Waals surface area contributed by atoms with Crippen LogP contribution in [0.3, 0.4) is 0 Å². The second-order valence-corrected chi connectivity index (χ2v) is 18.3. The second-order valence-electron chi connectivity index (χ2n) is 17.6. The quantitative estimate of drug-likeness (QED) is 0.145. The molecule has 14 nitrogen and oxygen atoms in total. The molecule has 0 aromatic carbocycles. The van der Waals surface area contributed by atoms with Crippen LogP contribution in [0.4, 0.5) is 38.0 Å². The van der Waals surface area contributed by atoms with E-state index in [9.17, 15) is 50.6 Å². The summed E-state index contributed by atoms with van der Waals surface area (Å²) in [7, 11) is 7.24. The number of ether oxygens (including phenoxy) is 1. The maximum Gasteiger partial charge on any atom is 0.426 e. The molecule has 5 heterocycles. The number of hydrogen-bond donors (Lipinski definition) is 1. The van der Waals surface area contributed by atoms with Gasteiger partial charge < -0.3 is 39.2 Å². The van der Waals surface area contributed by atoms with Crippen molar-refractivity contribution in [2.75, 3.05) is 90.9 Å². The summed E-state index contributed by atoms with van der Waals surface area (Å²) >= 11 is 12.8. The minimum absolute atomic E-state index is 0.0386. The first-order chi connectivity index (χ1) is 30.4. The van der Waals surface area contributed by atoms with E-state index >= 15 is 0 Å². The van der Waals surface area contributed by atoms with E-state index in [1.807, 2.05) is 4.90 Å². The van der Waals surface area contributed by atoms with E-state index in [-0.39, 0.29) is 53.7 Å². The Bertz CT molecular complexity index is 2000. The van der Waals surface area contributed by atoms with Crippen molar-refractivity contribution in [3.05, 3.63) is 45.7 Å². The fourth-order valence-corrected chi connectivity index (χ4v) is 9.20. The molecular formula is C43H58Cl2F6N8O6. The van der Waals surface area contributed by atoms with Crippen LogP contribution in [-0.2, 0) is 14.3 Å². The van der Waals surface area contributed by atoms with Gasteiger partial charge in [-0.05, 0) is 100 Å². The summed E-state index contributed by atoms with van der Waals surface area (Å²) in [5.74, 6) is -1.68. The van der Waals surface area contributed by atoms with Crippen molar-refractivity contribution in [2.24, 2.45) is 11.8 Å². The van der Waals surface area contributed by atoms with E-state index in [1.54, 1.807) is 32.3 Å². The Morgan fingerprint density at radius 1 is 0.738 bits per heavy atom. The van der Waals surface area contributed by atoms with Gasteiger partial charge >= 0.3 is 12.4 Å². The third-order valence-corrected chi connectivity index (χ3v) is 13.3. The molecule has 1 N–H and O–H groups in total. The molecule has 3 aliphatic rings. The first-order valence-corrected chi connectivity index (χ1v) is 22.5. The highest BCUT2D eigenvalue weighted by Crippen LogP contribution is 2.45. The summed E-state index contributed by atoms with van der Waals surface area (Å²) in [6.07, 6.45) is -9.44. The molecule has 2 aromatic heterocycles. The molecule has 22 heteroatoms. The molecule has 3 atom stereocenters. The molecule has 0 saturated carbocycles. The summed E-state index contributed by atoms with van der Waals surface area (Å²) in [4.78, 5) is 68.7. The number of piperidine rings is 2. The number of aliphatic hydroxyl groups is 1. The van der Waals surface area contributed by atoms with E-state index in [0.717, 1.165) is 35.5 Å². The Kier molecular flexibility index (Phi) is 17.3. The van der Waals surface area contributed by atoms with Gasteiger partial charge in [0.05, 0.1) is 17.2 Å². The first-order valence-electron chi connectivity index (χ1n) is 21.7. The average Bonchev–Trinajstić information content (AvgIpc) is 3.70. The Labute approximate surface area is 385 Å². The number of alkyl halides is 6. The Hall–Kier alpha value is -4.14. The Morgan fingerprint density at radius 3 is 1.63 bits per heavy atom. The summed E-state index contributed by atoms with van der Waals surface area (Å²) in [6.45, 7) is 2.49. The van der Waals surface area contributed by atoms with Crippen LogP contribution < -0.4 is 9.80 Å². The summed E-state index contributed by atoms with van der Waals surface area (Å²) in [6, 6.07) is 6.55. The zero-order valence-electron chi connectivity index (χ0n) is 37.2. The lowest BCUT2D eigenvalue weighted by molar-refractivity contribution is -0.265. The molecule has 65 heavy (non-hydrogen) atoms. The highest BCUT2D eigenvalue weighted by atomic mass is 35.5. The van der Waals surface area contributed by atoms with E-state index in [0.29, 0.717) is 75.0 Å². The van der Waals surface area contributed by atoms with Crippen molar-refractivity contribution in [1.82, 2.24) is 29.6 Å². The van der Waals surface area contributed by atoms with E-state index in [4.69, 9.17) is 27.9 Å². The molecule has 3 saturated heterocycles. The molecule has 4 amide bonds. The molecule has 0 radical (unpaired) electrons. The van der Waals surface area contributed by atoms with Gasteiger partial charge in [-0.25, -0.2) is 9.97 Å². The van der Waals surface area contributed by atoms with Crippen LogP contribution in [0.15, 0.2) is 24.3 Å². The standard InChI is InChI=1S/C43H58Cl2F6N8O6/c1-54(2)37(61)30-10-12-32(52-35(30)44)58-24-17-28(18-25-58)9-7-21-56(4)40(64)41(43(49,50)51)19-14-29(65-41)26-57(5)38(62)31-11-13-33(53-36(31)45)59-22-15-27(16-23-59)8-6-20-55(3)39(63)34(60)42(46,47)48/h10-13,27-29,34,60H,6-9,14-26H2,1-5H3. The van der Waals surface area contributed by atoms with Gasteiger partial charge in [0.1, 0.15) is 21.9 Å². The summed E-state index contributed by atoms with van der Waals surface area (Å²) in [5.41, 5.74) is -2.70. The van der Waals surface area contributed by atoms with Gasteiger partial charge in [-0.3, -0.25) is 19.2 Å². The van der Waals surface area contributed by atoms with Gasteiger partial charge in [0.15, 0.2) is 0 Å². The molecule has 3 aliphatic heterocycles. The summed E-state index contributed by atoms with van der Waals surface area (Å²) < 4.78 is 87.8. The molecule has 2 aromatic rings. The van der Waals surface area contributed by atoms with Gasteiger partial charge in [-0.2, -0.15) is 26.3 Å². The van der Waals surface area contributed by atoms with Gasteiger partial charge in [-0.1, -0.05) is 23.2 Å². The Morgan fingerprint density at radius 2 is 1.20 bits per heavy atom. The highest BCUT2D eigenvalue weighted by molar-refractivity contribution is 6.33. The maximum atomic E-state index is 14.7. The second kappa shape index (κ2) is 21.7. The molecule has 3 unspecified atom stereocenters. The third kappa shape index (κ3) is 12.7. The number of rotatable bonds is 16. The van der Waals surface area contributed by atoms with Crippen molar-refractivity contribution in [2.45, 2.75) is 94.4 Å². The number of halogens is 8. The smallest absolute Gasteiger partial charge is 0.376 e. The van der Waals surface area contributed by atoms with Gasteiger partial charge in [-0.15, -0.1) is 0 Å². The zero-order valence-corrected chi connectivity index (χ0v) is 38.7. The van der Waals surface area contributed by atoms with Gasteiger partial charge in [0.25, 0.3) is 23.6 Å². The minimum atomic E-state index is -5.03. The molecule has 0 bridgehead atoms. The lowest BCUT2D eigenvalue weighted by Gasteiger charge is -2.35. The van der Waals surface area contributed by atoms with Crippen LogP contribution in [-0.4, -0.2) is 170 Å².